The molecule has 1 aromatic rings. The SMILES string of the molecule is CC(C(=N)N1CCC(O)C1)c1ccc(CNC(=O)CN2CCN(C(=O)OC(C)(C)C)CC2)cc1. The Morgan fingerprint density at radius 1 is 1.12 bits per heavy atom. The van der Waals surface area contributed by atoms with E-state index < -0.39 is 5.60 Å². The van der Waals surface area contributed by atoms with Crippen LogP contribution in [0.4, 0.5) is 4.79 Å². The summed E-state index contributed by atoms with van der Waals surface area (Å²) >= 11 is 0. The van der Waals surface area contributed by atoms with Gasteiger partial charge in [-0.05, 0) is 38.3 Å². The molecule has 0 aromatic heterocycles. The number of hydrogen-bond acceptors (Lipinski definition) is 6. The van der Waals surface area contributed by atoms with Crippen LogP contribution < -0.4 is 5.32 Å². The fourth-order valence-corrected chi connectivity index (χ4v) is 4.19. The second-order valence-electron chi connectivity index (χ2n) is 10.3. The number of aliphatic hydroxyl groups is 1. The summed E-state index contributed by atoms with van der Waals surface area (Å²) < 4.78 is 5.41. The van der Waals surface area contributed by atoms with Gasteiger partial charge in [-0.1, -0.05) is 31.2 Å². The van der Waals surface area contributed by atoms with Gasteiger partial charge < -0.3 is 25.0 Å². The number of nitrogens with zero attached hydrogens (tertiary/aromatic N) is 3. The van der Waals surface area contributed by atoms with E-state index in [1.165, 1.54) is 0 Å². The lowest BCUT2D eigenvalue weighted by atomic mass is 9.98. The van der Waals surface area contributed by atoms with Gasteiger partial charge in [-0.15, -0.1) is 0 Å². The molecule has 0 spiro atoms. The zero-order valence-corrected chi connectivity index (χ0v) is 20.8. The summed E-state index contributed by atoms with van der Waals surface area (Å²) in [6.45, 7) is 11.9. The predicted octanol–water partition coefficient (Wildman–Crippen LogP) is 2.00. The molecule has 0 bridgehead atoms. The first kappa shape index (κ1) is 26.0. The standard InChI is InChI=1S/C25H39N5O4/c1-18(23(26)30-10-9-21(31)16-30)20-7-5-19(6-8-20)15-27-22(32)17-28-11-13-29(14-12-28)24(33)34-25(2,3)4/h5-8,18,21,26,31H,9-17H2,1-4H3,(H,27,32). The Hall–Kier alpha value is -2.65. The lowest BCUT2D eigenvalue weighted by molar-refractivity contribution is -0.122. The largest absolute Gasteiger partial charge is 0.444 e. The zero-order chi connectivity index (χ0) is 24.9. The second kappa shape index (κ2) is 11.2. The summed E-state index contributed by atoms with van der Waals surface area (Å²) in [5, 5.41) is 21.1. The van der Waals surface area contributed by atoms with E-state index >= 15 is 0 Å². The Morgan fingerprint density at radius 2 is 1.76 bits per heavy atom. The molecule has 2 saturated heterocycles. The molecule has 2 amide bonds. The van der Waals surface area contributed by atoms with Crippen molar-refractivity contribution in [3.63, 3.8) is 0 Å². The van der Waals surface area contributed by atoms with E-state index in [9.17, 15) is 14.7 Å². The number of nitrogens with one attached hydrogen (secondary N) is 2. The highest BCUT2D eigenvalue weighted by molar-refractivity contribution is 5.86. The normalized spacial score (nSPS) is 20.2. The van der Waals surface area contributed by atoms with Crippen LogP contribution in [0.1, 0.15) is 51.2 Å². The van der Waals surface area contributed by atoms with Crippen LogP contribution in [0.5, 0.6) is 0 Å². The minimum atomic E-state index is -0.510. The number of rotatable bonds is 6. The Bertz CT molecular complexity index is 859. The van der Waals surface area contributed by atoms with Gasteiger partial charge in [0.05, 0.1) is 12.6 Å². The van der Waals surface area contributed by atoms with Gasteiger partial charge in [-0.2, -0.15) is 0 Å². The average Bonchev–Trinajstić information content (AvgIpc) is 3.22. The van der Waals surface area contributed by atoms with Crippen LogP contribution in [0.2, 0.25) is 0 Å². The maximum Gasteiger partial charge on any atom is 0.410 e. The van der Waals surface area contributed by atoms with Gasteiger partial charge in [0.25, 0.3) is 0 Å². The quantitative estimate of drug-likeness (QED) is 0.431. The molecule has 2 heterocycles. The van der Waals surface area contributed by atoms with Crippen LogP contribution in [0.25, 0.3) is 0 Å². The van der Waals surface area contributed by atoms with E-state index in [-0.39, 0.29) is 24.0 Å². The van der Waals surface area contributed by atoms with E-state index in [2.05, 4.69) is 5.32 Å². The molecule has 188 valence electrons. The van der Waals surface area contributed by atoms with Crippen molar-refractivity contribution >= 4 is 17.8 Å². The number of amides is 2. The molecule has 2 aliphatic heterocycles. The van der Waals surface area contributed by atoms with Crippen LogP contribution in [-0.4, -0.2) is 95.2 Å². The Kier molecular flexibility index (Phi) is 8.54. The number of likely N-dealkylation sites (tertiary alicyclic amines) is 1. The van der Waals surface area contributed by atoms with Crippen molar-refractivity contribution in [2.24, 2.45) is 0 Å². The lowest BCUT2D eigenvalue weighted by Crippen LogP contribution is -2.52. The molecule has 0 saturated carbocycles. The van der Waals surface area contributed by atoms with Crippen LogP contribution >= 0.6 is 0 Å². The topological polar surface area (TPSA) is 109 Å². The third kappa shape index (κ3) is 7.43. The van der Waals surface area contributed by atoms with Gasteiger partial charge in [-0.3, -0.25) is 15.1 Å². The third-order valence-electron chi connectivity index (χ3n) is 6.27. The van der Waals surface area contributed by atoms with Gasteiger partial charge in [-0.25, -0.2) is 4.79 Å². The predicted molar refractivity (Wildman–Crippen MR) is 131 cm³/mol. The van der Waals surface area contributed by atoms with E-state index in [0.29, 0.717) is 58.1 Å². The molecule has 9 nitrogen and oxygen atoms in total. The van der Waals surface area contributed by atoms with E-state index in [1.807, 2.05) is 61.8 Å². The molecule has 2 aliphatic rings. The molecule has 3 rings (SSSR count). The van der Waals surface area contributed by atoms with Gasteiger partial charge >= 0.3 is 6.09 Å². The van der Waals surface area contributed by atoms with Gasteiger partial charge in [0.1, 0.15) is 11.4 Å². The first-order chi connectivity index (χ1) is 16.0. The second-order valence-corrected chi connectivity index (χ2v) is 10.3. The molecule has 1 aromatic carbocycles. The third-order valence-corrected chi connectivity index (χ3v) is 6.27. The van der Waals surface area contributed by atoms with Crippen LogP contribution in [0.15, 0.2) is 24.3 Å². The summed E-state index contributed by atoms with van der Waals surface area (Å²) in [5.74, 6) is 0.440. The first-order valence-corrected chi connectivity index (χ1v) is 12.1. The first-order valence-electron chi connectivity index (χ1n) is 12.1. The van der Waals surface area contributed by atoms with Crippen molar-refractivity contribution in [3.05, 3.63) is 35.4 Å². The van der Waals surface area contributed by atoms with Gasteiger partial charge in [0, 0.05) is 51.7 Å². The summed E-state index contributed by atoms with van der Waals surface area (Å²) in [7, 11) is 0. The number of amidine groups is 1. The molecule has 2 atom stereocenters. The molecule has 2 fully saturated rings. The number of carbonyl (C=O) groups excluding carboxylic acids is 2. The van der Waals surface area contributed by atoms with Gasteiger partial charge in [0.2, 0.25) is 5.91 Å². The fraction of sp³-hybridized carbons (Fsp3) is 0.640. The van der Waals surface area contributed by atoms with Crippen molar-refractivity contribution in [1.29, 1.82) is 5.41 Å². The highest BCUT2D eigenvalue weighted by Crippen LogP contribution is 2.22. The summed E-state index contributed by atoms with van der Waals surface area (Å²) in [6.07, 6.45) is 0.0718. The number of β-amino-alcohol motifs (C(OH)–C–C–N with tert-alkyl or cyclic N) is 1. The number of carbonyl (C=O) groups is 2. The Morgan fingerprint density at radius 3 is 2.32 bits per heavy atom. The number of benzene rings is 1. The van der Waals surface area contributed by atoms with Crippen molar-refractivity contribution in [2.45, 2.75) is 58.3 Å². The van der Waals surface area contributed by atoms with E-state index in [0.717, 1.165) is 17.7 Å². The number of hydrogen-bond donors (Lipinski definition) is 3. The lowest BCUT2D eigenvalue weighted by Gasteiger charge is -2.35. The smallest absolute Gasteiger partial charge is 0.410 e. The molecule has 0 radical (unpaired) electrons. The fourth-order valence-electron chi connectivity index (χ4n) is 4.19. The molecular formula is C25H39N5O4. The monoisotopic (exact) mass is 473 g/mol. The van der Waals surface area contributed by atoms with Crippen molar-refractivity contribution in [3.8, 4) is 0 Å². The maximum atomic E-state index is 12.4. The van der Waals surface area contributed by atoms with Crippen molar-refractivity contribution < 1.29 is 19.4 Å². The summed E-state index contributed by atoms with van der Waals surface area (Å²) in [4.78, 5) is 30.3. The number of ether oxygens (including phenoxy) is 1. The van der Waals surface area contributed by atoms with E-state index in [1.54, 1.807) is 4.90 Å². The minimum Gasteiger partial charge on any atom is -0.444 e. The maximum absolute atomic E-state index is 12.4. The van der Waals surface area contributed by atoms with Crippen molar-refractivity contribution in [2.75, 3.05) is 45.8 Å². The minimum absolute atomic E-state index is 0.0440. The summed E-state index contributed by atoms with van der Waals surface area (Å²) in [6, 6.07) is 7.97. The van der Waals surface area contributed by atoms with Crippen LogP contribution in [0, 0.1) is 5.41 Å². The van der Waals surface area contributed by atoms with Crippen LogP contribution in [0.3, 0.4) is 0 Å². The summed E-state index contributed by atoms with van der Waals surface area (Å²) in [5.41, 5.74) is 1.54. The Labute approximate surface area is 202 Å². The molecule has 2 unspecified atom stereocenters. The van der Waals surface area contributed by atoms with Crippen LogP contribution in [-0.2, 0) is 16.1 Å². The highest BCUT2D eigenvalue weighted by Gasteiger charge is 2.27. The van der Waals surface area contributed by atoms with E-state index in [4.69, 9.17) is 10.1 Å². The molecule has 0 aliphatic carbocycles. The average molecular weight is 474 g/mol. The molecule has 34 heavy (non-hydrogen) atoms. The molecule has 3 N–H and O–H groups in total. The molecule has 9 heteroatoms. The molecular weight excluding hydrogens is 434 g/mol. The van der Waals surface area contributed by atoms with Crippen molar-refractivity contribution in [1.82, 2.24) is 20.0 Å². The zero-order valence-electron chi connectivity index (χ0n) is 20.8. The Balaban J connectivity index is 1.39. The highest BCUT2D eigenvalue weighted by atomic mass is 16.6. The number of aliphatic hydroxyl groups excluding tert-OH is 1. The number of piperazine rings is 1. The van der Waals surface area contributed by atoms with Gasteiger partial charge in [0.15, 0.2) is 0 Å².